The summed E-state index contributed by atoms with van der Waals surface area (Å²) in [5.41, 5.74) is 0.0208. The molecule has 0 unspecified atom stereocenters. The lowest BCUT2D eigenvalue weighted by Crippen LogP contribution is -1.99. The molecule has 0 atom stereocenters. The lowest BCUT2D eigenvalue weighted by atomic mass is 10.2. The number of benzene rings is 1. The highest BCUT2D eigenvalue weighted by Gasteiger charge is 2.07. The van der Waals surface area contributed by atoms with Crippen LogP contribution in [0.5, 0.6) is 0 Å². The molecule has 0 saturated heterocycles. The Morgan fingerprint density at radius 3 is 2.50 bits per heavy atom. The number of rotatable bonds is 1. The second-order valence-electron chi connectivity index (χ2n) is 2.72. The molecule has 0 bridgehead atoms. The summed E-state index contributed by atoms with van der Waals surface area (Å²) >= 11 is 5.27. The van der Waals surface area contributed by atoms with E-state index in [0.29, 0.717) is 0 Å². The number of esters is 1. The molecule has 1 rings (SSSR count). The molecule has 5 heteroatoms. The van der Waals surface area contributed by atoms with Crippen LogP contribution in [0, 0.1) is 23.5 Å². The second kappa shape index (κ2) is 5.47. The lowest BCUT2D eigenvalue weighted by molar-refractivity contribution is -0.136. The van der Waals surface area contributed by atoms with E-state index in [2.05, 4.69) is 16.6 Å². The van der Waals surface area contributed by atoms with Gasteiger partial charge in [0.05, 0.1) is 6.61 Å². The average Bonchev–Trinajstić information content (AvgIpc) is 2.23. The maximum atomic E-state index is 13.0. The number of ether oxygens (including phenoxy) is 1. The summed E-state index contributed by atoms with van der Waals surface area (Å²) in [6.07, 6.45) is 0. The van der Waals surface area contributed by atoms with E-state index in [0.717, 1.165) is 12.1 Å². The summed E-state index contributed by atoms with van der Waals surface area (Å²) in [5, 5.41) is -0.596. The fourth-order valence-electron chi connectivity index (χ4n) is 0.918. The fraction of sp³-hybridized carbons (Fsp3) is 0.182. The fourth-order valence-corrected chi connectivity index (χ4v) is 1.03. The number of hydrogen-bond acceptors (Lipinski definition) is 2. The molecule has 0 aliphatic heterocycles. The molecular formula is C11H7ClF2O2. The topological polar surface area (TPSA) is 26.3 Å². The van der Waals surface area contributed by atoms with Crippen LogP contribution in [0.15, 0.2) is 12.1 Å². The summed E-state index contributed by atoms with van der Waals surface area (Å²) < 4.78 is 30.4. The van der Waals surface area contributed by atoms with Gasteiger partial charge in [0.25, 0.3) is 0 Å². The minimum absolute atomic E-state index is 0.0208. The van der Waals surface area contributed by atoms with Crippen molar-refractivity contribution in [2.45, 2.75) is 6.92 Å². The summed E-state index contributed by atoms with van der Waals surface area (Å²) in [6.45, 7) is 1.82. The highest BCUT2D eigenvalue weighted by Crippen LogP contribution is 2.19. The molecule has 0 aromatic heterocycles. The molecule has 2 nitrogen and oxygen atoms in total. The predicted octanol–water partition coefficient (Wildman–Crippen LogP) is 2.53. The average molecular weight is 245 g/mol. The van der Waals surface area contributed by atoms with Crippen LogP contribution in [0.3, 0.4) is 0 Å². The molecule has 0 spiro atoms. The minimum atomic E-state index is -0.921. The van der Waals surface area contributed by atoms with Crippen molar-refractivity contribution in [1.82, 2.24) is 0 Å². The van der Waals surface area contributed by atoms with Gasteiger partial charge in [-0.3, -0.25) is 0 Å². The summed E-state index contributed by atoms with van der Waals surface area (Å²) in [4.78, 5) is 10.8. The monoisotopic (exact) mass is 244 g/mol. The van der Waals surface area contributed by atoms with Gasteiger partial charge < -0.3 is 4.74 Å². The van der Waals surface area contributed by atoms with Gasteiger partial charge in [0.15, 0.2) is 0 Å². The first-order valence-corrected chi connectivity index (χ1v) is 4.75. The third kappa shape index (κ3) is 3.21. The zero-order chi connectivity index (χ0) is 12.1. The minimum Gasteiger partial charge on any atom is -0.456 e. The van der Waals surface area contributed by atoms with Crippen molar-refractivity contribution < 1.29 is 18.3 Å². The zero-order valence-electron chi connectivity index (χ0n) is 8.31. The molecule has 0 fully saturated rings. The Labute approximate surface area is 96.2 Å². The normalized spacial score (nSPS) is 9.25. The van der Waals surface area contributed by atoms with Crippen LogP contribution in [0.2, 0.25) is 5.02 Å². The quantitative estimate of drug-likeness (QED) is 0.431. The summed E-state index contributed by atoms with van der Waals surface area (Å²) in [7, 11) is 0. The molecule has 1 aromatic rings. The third-order valence-electron chi connectivity index (χ3n) is 1.57. The molecule has 0 radical (unpaired) electrons. The van der Waals surface area contributed by atoms with E-state index >= 15 is 0 Å². The van der Waals surface area contributed by atoms with Gasteiger partial charge in [0, 0.05) is 11.5 Å². The van der Waals surface area contributed by atoms with E-state index < -0.39 is 22.6 Å². The van der Waals surface area contributed by atoms with E-state index in [4.69, 9.17) is 11.6 Å². The Balaban J connectivity index is 2.94. The highest BCUT2D eigenvalue weighted by molar-refractivity contribution is 6.30. The smallest absolute Gasteiger partial charge is 0.384 e. The van der Waals surface area contributed by atoms with E-state index in [9.17, 15) is 13.6 Å². The molecule has 0 N–H and O–H groups in total. The van der Waals surface area contributed by atoms with Crippen molar-refractivity contribution >= 4 is 17.6 Å². The van der Waals surface area contributed by atoms with Gasteiger partial charge in [-0.25, -0.2) is 13.6 Å². The molecular weight excluding hydrogens is 238 g/mol. The lowest BCUT2D eigenvalue weighted by Gasteiger charge is -1.97. The molecule has 1 aromatic carbocycles. The van der Waals surface area contributed by atoms with Crippen LogP contribution in [-0.2, 0) is 9.53 Å². The number of carbonyl (C=O) groups excluding carboxylic acids is 1. The molecule has 0 saturated carbocycles. The molecule has 16 heavy (non-hydrogen) atoms. The van der Waals surface area contributed by atoms with Gasteiger partial charge in [-0.1, -0.05) is 17.5 Å². The van der Waals surface area contributed by atoms with Crippen molar-refractivity contribution in [1.29, 1.82) is 0 Å². The SMILES string of the molecule is CCOC(=O)C#Cc1cc(F)c(Cl)c(F)c1. The first-order valence-electron chi connectivity index (χ1n) is 4.38. The van der Waals surface area contributed by atoms with E-state index in [-0.39, 0.29) is 12.2 Å². The van der Waals surface area contributed by atoms with Gasteiger partial charge in [-0.05, 0) is 19.1 Å². The largest absolute Gasteiger partial charge is 0.456 e. The molecule has 84 valence electrons. The van der Waals surface area contributed by atoms with Gasteiger partial charge in [0.1, 0.15) is 16.7 Å². The van der Waals surface area contributed by atoms with Gasteiger partial charge in [0.2, 0.25) is 0 Å². The molecule has 0 amide bonds. The van der Waals surface area contributed by atoms with Crippen molar-refractivity contribution in [3.05, 3.63) is 34.4 Å². The van der Waals surface area contributed by atoms with E-state index in [1.807, 2.05) is 0 Å². The van der Waals surface area contributed by atoms with Crippen molar-refractivity contribution in [3.63, 3.8) is 0 Å². The highest BCUT2D eigenvalue weighted by atomic mass is 35.5. The van der Waals surface area contributed by atoms with Crippen molar-refractivity contribution in [3.8, 4) is 11.8 Å². The van der Waals surface area contributed by atoms with Gasteiger partial charge in [-0.2, -0.15) is 0 Å². The number of halogens is 3. The Hall–Kier alpha value is -1.60. The Kier molecular flexibility index (Phi) is 4.27. The predicted molar refractivity (Wildman–Crippen MR) is 54.9 cm³/mol. The maximum absolute atomic E-state index is 13.0. The summed E-state index contributed by atoms with van der Waals surface area (Å²) in [5.74, 6) is 1.77. The molecule has 0 heterocycles. The van der Waals surface area contributed by atoms with Crippen molar-refractivity contribution in [2.75, 3.05) is 6.61 Å². The third-order valence-corrected chi connectivity index (χ3v) is 1.93. The molecule has 0 aliphatic rings. The number of carbonyl (C=O) groups is 1. The Morgan fingerprint density at radius 2 is 2.00 bits per heavy atom. The maximum Gasteiger partial charge on any atom is 0.384 e. The van der Waals surface area contributed by atoms with Gasteiger partial charge in [-0.15, -0.1) is 0 Å². The van der Waals surface area contributed by atoms with E-state index in [1.165, 1.54) is 0 Å². The Morgan fingerprint density at radius 1 is 1.44 bits per heavy atom. The molecule has 0 aliphatic carbocycles. The first kappa shape index (κ1) is 12.5. The Bertz CT molecular complexity index is 452. The van der Waals surface area contributed by atoms with Crippen LogP contribution in [0.4, 0.5) is 8.78 Å². The summed E-state index contributed by atoms with van der Waals surface area (Å²) in [6, 6.07) is 1.88. The van der Waals surface area contributed by atoms with Crippen LogP contribution < -0.4 is 0 Å². The van der Waals surface area contributed by atoms with Crippen LogP contribution in [0.1, 0.15) is 12.5 Å². The zero-order valence-corrected chi connectivity index (χ0v) is 9.07. The van der Waals surface area contributed by atoms with Crippen LogP contribution in [0.25, 0.3) is 0 Å². The number of hydrogen-bond donors (Lipinski definition) is 0. The van der Waals surface area contributed by atoms with Crippen LogP contribution >= 0.6 is 11.6 Å². The standard InChI is InChI=1S/C11H7ClF2O2/c1-2-16-10(15)4-3-7-5-8(13)11(12)9(14)6-7/h5-6H,2H2,1H3. The van der Waals surface area contributed by atoms with Gasteiger partial charge >= 0.3 is 5.97 Å². The van der Waals surface area contributed by atoms with Crippen molar-refractivity contribution in [2.24, 2.45) is 0 Å². The van der Waals surface area contributed by atoms with E-state index in [1.54, 1.807) is 6.92 Å². The first-order chi connectivity index (χ1) is 7.54. The second-order valence-corrected chi connectivity index (χ2v) is 3.10. The van der Waals surface area contributed by atoms with Crippen LogP contribution in [-0.4, -0.2) is 12.6 Å².